The maximum absolute atomic E-state index is 11.8. The second kappa shape index (κ2) is 5.47. The zero-order valence-corrected chi connectivity index (χ0v) is 11.0. The summed E-state index contributed by atoms with van der Waals surface area (Å²) in [6, 6.07) is 3.34. The van der Waals surface area contributed by atoms with Gasteiger partial charge in [0.2, 0.25) is 0 Å². The molecule has 0 aliphatic heterocycles. The van der Waals surface area contributed by atoms with Gasteiger partial charge in [0, 0.05) is 18.2 Å². The fraction of sp³-hybridized carbons (Fsp3) is 0.333. The molecule has 0 fully saturated rings. The minimum absolute atomic E-state index is 0.0528. The monoisotopic (exact) mass is 261 g/mol. The number of carbonyl (C=O) groups is 1. The van der Waals surface area contributed by atoms with Crippen molar-refractivity contribution in [3.05, 3.63) is 29.9 Å². The number of hydrogen-bond acceptors (Lipinski definition) is 6. The highest BCUT2D eigenvalue weighted by Gasteiger charge is 2.10. The Hall–Kier alpha value is -2.44. The third-order valence-electron chi connectivity index (χ3n) is 2.20. The van der Waals surface area contributed by atoms with Gasteiger partial charge in [0.25, 0.3) is 5.91 Å². The zero-order valence-electron chi connectivity index (χ0n) is 11.0. The highest BCUT2D eigenvalue weighted by Crippen LogP contribution is 2.14. The van der Waals surface area contributed by atoms with Crippen LogP contribution >= 0.6 is 0 Å². The third-order valence-corrected chi connectivity index (χ3v) is 2.20. The predicted molar refractivity (Wildman–Crippen MR) is 69.2 cm³/mol. The summed E-state index contributed by atoms with van der Waals surface area (Å²) in [6.07, 6.45) is 1.32. The average Bonchev–Trinajstić information content (AvgIpc) is 2.74. The first-order chi connectivity index (χ1) is 9.04. The van der Waals surface area contributed by atoms with E-state index in [1.54, 1.807) is 19.1 Å². The summed E-state index contributed by atoms with van der Waals surface area (Å²) >= 11 is 0. The second-order valence-corrected chi connectivity index (χ2v) is 4.36. The number of amides is 1. The van der Waals surface area contributed by atoms with Crippen molar-refractivity contribution < 1.29 is 9.32 Å². The number of hydrogen-bond donors (Lipinski definition) is 2. The fourth-order valence-electron chi connectivity index (χ4n) is 1.44. The molecule has 100 valence electrons. The second-order valence-electron chi connectivity index (χ2n) is 4.36. The summed E-state index contributed by atoms with van der Waals surface area (Å²) in [5.41, 5.74) is 0.298. The molecule has 2 heterocycles. The Labute approximate surface area is 110 Å². The molecule has 0 aliphatic rings. The molecule has 19 heavy (non-hydrogen) atoms. The SMILES string of the molecule is Cc1cc(Nc2cc(C(=O)NC(C)C)ncn2)no1. The molecule has 7 heteroatoms. The predicted octanol–water partition coefficient (Wildman–Crippen LogP) is 1.65. The van der Waals surface area contributed by atoms with E-state index >= 15 is 0 Å². The van der Waals surface area contributed by atoms with Crippen LogP contribution in [0, 0.1) is 6.92 Å². The van der Waals surface area contributed by atoms with E-state index < -0.39 is 0 Å². The molecule has 0 atom stereocenters. The van der Waals surface area contributed by atoms with Gasteiger partial charge in [-0.15, -0.1) is 0 Å². The number of rotatable bonds is 4. The number of aromatic nitrogens is 3. The molecule has 0 aliphatic carbocycles. The van der Waals surface area contributed by atoms with Crippen molar-refractivity contribution in [2.75, 3.05) is 5.32 Å². The van der Waals surface area contributed by atoms with Gasteiger partial charge in [0.1, 0.15) is 23.6 Å². The lowest BCUT2D eigenvalue weighted by Crippen LogP contribution is -2.30. The van der Waals surface area contributed by atoms with Crippen molar-refractivity contribution in [2.24, 2.45) is 0 Å². The molecule has 2 aromatic heterocycles. The zero-order chi connectivity index (χ0) is 13.8. The van der Waals surface area contributed by atoms with Crippen LogP contribution in [-0.4, -0.2) is 27.1 Å². The third kappa shape index (κ3) is 3.51. The first kappa shape index (κ1) is 13.0. The van der Waals surface area contributed by atoms with Crippen LogP contribution in [0.25, 0.3) is 0 Å². The van der Waals surface area contributed by atoms with E-state index in [0.717, 1.165) is 0 Å². The minimum Gasteiger partial charge on any atom is -0.360 e. The number of anilines is 2. The summed E-state index contributed by atoms with van der Waals surface area (Å²) in [4.78, 5) is 19.8. The Bertz CT molecular complexity index is 579. The van der Waals surface area contributed by atoms with Crippen LogP contribution in [-0.2, 0) is 0 Å². The minimum atomic E-state index is -0.239. The van der Waals surface area contributed by atoms with Gasteiger partial charge in [0.15, 0.2) is 5.82 Å². The van der Waals surface area contributed by atoms with Crippen LogP contribution in [0.15, 0.2) is 23.0 Å². The maximum atomic E-state index is 11.8. The molecule has 0 saturated heterocycles. The van der Waals surface area contributed by atoms with E-state index in [1.165, 1.54) is 6.33 Å². The molecular weight excluding hydrogens is 246 g/mol. The van der Waals surface area contributed by atoms with E-state index in [2.05, 4.69) is 25.8 Å². The summed E-state index contributed by atoms with van der Waals surface area (Å²) < 4.78 is 4.93. The molecular formula is C12H15N5O2. The van der Waals surface area contributed by atoms with Crippen LogP contribution < -0.4 is 10.6 Å². The summed E-state index contributed by atoms with van der Waals surface area (Å²) in [7, 11) is 0. The molecule has 1 amide bonds. The van der Waals surface area contributed by atoms with E-state index in [4.69, 9.17) is 4.52 Å². The normalized spacial score (nSPS) is 10.5. The van der Waals surface area contributed by atoms with Crippen LogP contribution in [0.4, 0.5) is 11.6 Å². The van der Waals surface area contributed by atoms with E-state index in [-0.39, 0.29) is 11.9 Å². The first-order valence-electron chi connectivity index (χ1n) is 5.88. The van der Waals surface area contributed by atoms with Gasteiger partial charge in [-0.25, -0.2) is 9.97 Å². The summed E-state index contributed by atoms with van der Waals surface area (Å²) in [5, 5.41) is 9.49. The van der Waals surface area contributed by atoms with Crippen molar-refractivity contribution in [2.45, 2.75) is 26.8 Å². The molecule has 0 saturated carbocycles. The number of nitrogens with one attached hydrogen (secondary N) is 2. The van der Waals surface area contributed by atoms with Gasteiger partial charge in [0.05, 0.1) is 0 Å². The molecule has 7 nitrogen and oxygen atoms in total. The summed E-state index contributed by atoms with van der Waals surface area (Å²) in [5.74, 6) is 1.47. The average molecular weight is 261 g/mol. The lowest BCUT2D eigenvalue weighted by Gasteiger charge is -2.08. The topological polar surface area (TPSA) is 92.9 Å². The highest BCUT2D eigenvalue weighted by molar-refractivity contribution is 5.93. The van der Waals surface area contributed by atoms with Crippen LogP contribution in [0.3, 0.4) is 0 Å². The fourth-order valence-corrected chi connectivity index (χ4v) is 1.44. The molecule has 0 spiro atoms. The molecule has 0 radical (unpaired) electrons. The van der Waals surface area contributed by atoms with Crippen LogP contribution in [0.2, 0.25) is 0 Å². The number of aryl methyl sites for hydroxylation is 1. The van der Waals surface area contributed by atoms with Crippen molar-refractivity contribution in [1.82, 2.24) is 20.4 Å². The van der Waals surface area contributed by atoms with Crippen molar-refractivity contribution >= 4 is 17.5 Å². The smallest absolute Gasteiger partial charge is 0.270 e. The van der Waals surface area contributed by atoms with Gasteiger partial charge in [-0.1, -0.05) is 5.16 Å². The molecule has 2 aromatic rings. The lowest BCUT2D eigenvalue weighted by atomic mass is 10.3. The van der Waals surface area contributed by atoms with E-state index in [0.29, 0.717) is 23.1 Å². The summed E-state index contributed by atoms with van der Waals surface area (Å²) in [6.45, 7) is 5.56. The Morgan fingerprint density at radius 1 is 1.26 bits per heavy atom. The van der Waals surface area contributed by atoms with Crippen molar-refractivity contribution in [1.29, 1.82) is 0 Å². The van der Waals surface area contributed by atoms with Gasteiger partial charge in [-0.3, -0.25) is 4.79 Å². The van der Waals surface area contributed by atoms with Gasteiger partial charge in [-0.2, -0.15) is 0 Å². The Balaban J connectivity index is 2.13. The molecule has 0 unspecified atom stereocenters. The molecule has 2 N–H and O–H groups in total. The Morgan fingerprint density at radius 3 is 2.68 bits per heavy atom. The van der Waals surface area contributed by atoms with Crippen molar-refractivity contribution in [3.8, 4) is 0 Å². The quantitative estimate of drug-likeness (QED) is 0.869. The van der Waals surface area contributed by atoms with Gasteiger partial charge in [-0.05, 0) is 20.8 Å². The molecule has 2 rings (SSSR count). The maximum Gasteiger partial charge on any atom is 0.270 e. The first-order valence-corrected chi connectivity index (χ1v) is 5.88. The van der Waals surface area contributed by atoms with Crippen LogP contribution in [0.5, 0.6) is 0 Å². The number of carbonyl (C=O) groups excluding carboxylic acids is 1. The Kier molecular flexibility index (Phi) is 3.74. The van der Waals surface area contributed by atoms with E-state index in [9.17, 15) is 4.79 Å². The standard InChI is InChI=1S/C12H15N5O2/c1-7(2)15-12(18)9-5-10(14-6-13-9)16-11-4-8(3)19-17-11/h4-7H,1-3H3,(H,15,18)(H,13,14,16,17). The number of nitrogens with zero attached hydrogens (tertiary/aromatic N) is 3. The molecule has 0 aromatic carbocycles. The van der Waals surface area contributed by atoms with Gasteiger partial charge < -0.3 is 15.2 Å². The molecule has 0 bridgehead atoms. The largest absolute Gasteiger partial charge is 0.360 e. The van der Waals surface area contributed by atoms with Crippen LogP contribution in [0.1, 0.15) is 30.1 Å². The van der Waals surface area contributed by atoms with Crippen molar-refractivity contribution in [3.63, 3.8) is 0 Å². The Morgan fingerprint density at radius 2 is 2.05 bits per heavy atom. The van der Waals surface area contributed by atoms with E-state index in [1.807, 2.05) is 13.8 Å². The lowest BCUT2D eigenvalue weighted by molar-refractivity contribution is 0.0938. The van der Waals surface area contributed by atoms with Gasteiger partial charge >= 0.3 is 0 Å². The highest BCUT2D eigenvalue weighted by atomic mass is 16.5.